The van der Waals surface area contributed by atoms with Crippen LogP contribution in [0, 0.1) is 0 Å². The fourth-order valence-corrected chi connectivity index (χ4v) is 3.83. The van der Waals surface area contributed by atoms with Crippen LogP contribution in [0.5, 0.6) is 0 Å². The molecule has 0 aliphatic rings. The van der Waals surface area contributed by atoms with Gasteiger partial charge in [-0.25, -0.2) is 4.98 Å². The van der Waals surface area contributed by atoms with Crippen molar-refractivity contribution in [3.63, 3.8) is 0 Å². The first kappa shape index (κ1) is 19.0. The Morgan fingerprint density at radius 2 is 1.71 bits per heavy atom. The largest absolute Gasteiger partial charge is 1.00 e. The molecule has 12 heteroatoms. The normalized spacial score (nSPS) is 13.2. The topological polar surface area (TPSA) is 153 Å². The van der Waals surface area contributed by atoms with E-state index < -0.39 is 26.7 Å². The number of rotatable bonds is 4. The molecule has 2 rings (SSSR count). The Hall–Kier alpha value is -0.0500. The molecule has 5 N–H and O–H groups in total. The summed E-state index contributed by atoms with van der Waals surface area (Å²) in [5, 5.41) is 6.37. The van der Waals surface area contributed by atoms with Gasteiger partial charge in [-0.05, 0) is 12.1 Å². The van der Waals surface area contributed by atoms with Crippen LogP contribution in [0.15, 0.2) is 30.6 Å². The van der Waals surface area contributed by atoms with Crippen LogP contribution < -0.4 is 29.6 Å². The summed E-state index contributed by atoms with van der Waals surface area (Å²) < 4.78 is 23.9. The van der Waals surface area contributed by atoms with E-state index in [-0.39, 0.29) is 35.3 Å². The van der Waals surface area contributed by atoms with Crippen molar-refractivity contribution >= 4 is 20.8 Å². The van der Waals surface area contributed by atoms with Crippen LogP contribution in [-0.4, -0.2) is 39.1 Å². The Balaban J connectivity index is 0.00000220. The van der Waals surface area contributed by atoms with Crippen LogP contribution in [0.2, 0.25) is 0 Å². The van der Waals surface area contributed by atoms with Gasteiger partial charge in [0.2, 0.25) is 0 Å². The van der Waals surface area contributed by atoms with E-state index in [1.54, 1.807) is 18.2 Å². The Morgan fingerprint density at radius 3 is 2.24 bits per heavy atom. The maximum Gasteiger partial charge on any atom is 1.00 e. The Labute approximate surface area is 141 Å². The molecule has 21 heavy (non-hydrogen) atoms. The zero-order valence-electron chi connectivity index (χ0n) is 10.9. The number of aromatic nitrogens is 2. The van der Waals surface area contributed by atoms with Crippen molar-refractivity contribution in [1.29, 1.82) is 0 Å². The molecular formula is C9H12N2NaO7P2+. The average Bonchev–Trinajstić information content (AvgIpc) is 2.70. The van der Waals surface area contributed by atoms with Crippen molar-refractivity contribution in [2.75, 3.05) is 0 Å². The molecule has 0 saturated heterocycles. The van der Waals surface area contributed by atoms with Crippen molar-refractivity contribution in [3.8, 4) is 0 Å². The summed E-state index contributed by atoms with van der Waals surface area (Å²) in [4.78, 5) is 40.2. The van der Waals surface area contributed by atoms with Gasteiger partial charge in [0.25, 0.3) is 5.08 Å². The van der Waals surface area contributed by atoms with Crippen LogP contribution in [-0.2, 0) is 15.6 Å². The molecule has 0 fully saturated rings. The quantitative estimate of drug-likeness (QED) is 0.288. The summed E-state index contributed by atoms with van der Waals surface area (Å²) in [6.07, 6.45) is 1.75. The average molecular weight is 345 g/mol. The second-order valence-electron chi connectivity index (χ2n) is 4.22. The molecule has 110 valence electrons. The van der Waals surface area contributed by atoms with Crippen molar-refractivity contribution < 1.29 is 63.4 Å². The van der Waals surface area contributed by atoms with Gasteiger partial charge < -0.3 is 29.1 Å². The second kappa shape index (κ2) is 6.22. The summed E-state index contributed by atoms with van der Waals surface area (Å²) in [6, 6.07) is 4.87. The van der Waals surface area contributed by atoms with Crippen LogP contribution in [0.25, 0.3) is 5.65 Å². The number of imidazole rings is 1. The molecule has 0 aromatic carbocycles. The van der Waals surface area contributed by atoms with Gasteiger partial charge in [-0.2, -0.15) is 0 Å². The monoisotopic (exact) mass is 345 g/mol. The van der Waals surface area contributed by atoms with Crippen LogP contribution >= 0.6 is 15.2 Å². The maximum absolute atomic E-state index is 11.3. The van der Waals surface area contributed by atoms with E-state index in [9.17, 15) is 14.2 Å². The predicted molar refractivity (Wildman–Crippen MR) is 67.9 cm³/mol. The Morgan fingerprint density at radius 1 is 1.14 bits per heavy atom. The second-order valence-corrected chi connectivity index (χ2v) is 8.23. The van der Waals surface area contributed by atoms with Crippen molar-refractivity contribution in [2.45, 2.75) is 11.5 Å². The molecular weight excluding hydrogens is 333 g/mol. The predicted octanol–water partition coefficient (Wildman–Crippen LogP) is -3.12. The van der Waals surface area contributed by atoms with Crippen molar-refractivity contribution in [1.82, 2.24) is 9.38 Å². The van der Waals surface area contributed by atoms with Crippen LogP contribution in [0.1, 0.15) is 5.69 Å². The fourth-order valence-electron chi connectivity index (χ4n) is 1.73. The molecule has 2 heterocycles. The summed E-state index contributed by atoms with van der Waals surface area (Å²) in [5.74, 6) is 0. The number of pyridine rings is 1. The number of hydrogen-bond donors (Lipinski definition) is 5. The molecule has 0 aliphatic heterocycles. The number of aliphatic hydroxyl groups is 1. The molecule has 0 spiro atoms. The molecule has 0 saturated carbocycles. The molecule has 0 unspecified atom stereocenters. The SMILES string of the molecule is O=P(O)(O)C(O)(Cc1cnc2ccccn12)P(=O)(O)O.[Na+]. The fraction of sp³-hybridized carbons (Fsp3) is 0.222. The van der Waals surface area contributed by atoms with Gasteiger partial charge in [-0.1, -0.05) is 6.07 Å². The molecule has 0 atom stereocenters. The Kier molecular flexibility index (Phi) is 5.62. The van der Waals surface area contributed by atoms with Gasteiger partial charge in [-0.15, -0.1) is 0 Å². The molecule has 0 radical (unpaired) electrons. The molecule has 0 aliphatic carbocycles. The third-order valence-electron chi connectivity index (χ3n) is 2.84. The molecule has 2 aromatic rings. The van der Waals surface area contributed by atoms with Gasteiger partial charge in [0.15, 0.2) is 0 Å². The summed E-state index contributed by atoms with van der Waals surface area (Å²) in [5.41, 5.74) is 0.482. The minimum absolute atomic E-state index is 0. The van der Waals surface area contributed by atoms with E-state index in [4.69, 9.17) is 19.6 Å². The van der Waals surface area contributed by atoms with E-state index >= 15 is 0 Å². The smallest absolute Gasteiger partial charge is 0.367 e. The van der Waals surface area contributed by atoms with E-state index in [0.29, 0.717) is 5.65 Å². The third-order valence-corrected chi connectivity index (χ3v) is 6.59. The maximum atomic E-state index is 11.3. The van der Waals surface area contributed by atoms with Gasteiger partial charge >= 0.3 is 44.7 Å². The van der Waals surface area contributed by atoms with Crippen LogP contribution in [0.3, 0.4) is 0 Å². The molecule has 2 aromatic heterocycles. The van der Waals surface area contributed by atoms with Gasteiger partial charge in [0.05, 0.1) is 0 Å². The first-order chi connectivity index (χ1) is 9.06. The molecule has 9 nitrogen and oxygen atoms in total. The minimum atomic E-state index is -5.48. The van der Waals surface area contributed by atoms with Crippen molar-refractivity contribution in [2.24, 2.45) is 0 Å². The van der Waals surface area contributed by atoms with Gasteiger partial charge in [-0.3, -0.25) is 9.13 Å². The van der Waals surface area contributed by atoms with E-state index in [2.05, 4.69) is 4.98 Å². The van der Waals surface area contributed by atoms with Gasteiger partial charge in [0.1, 0.15) is 5.65 Å². The summed E-state index contributed by atoms with van der Waals surface area (Å²) in [7, 11) is -11.0. The minimum Gasteiger partial charge on any atom is -0.367 e. The van der Waals surface area contributed by atoms with E-state index in [0.717, 1.165) is 0 Å². The number of hydrogen-bond acceptors (Lipinski definition) is 4. The number of fused-ring (bicyclic) bond motifs is 1. The Bertz CT molecular complexity index is 715. The standard InChI is InChI=1S/C9H12N2O7P2.Na/c12-9(19(13,14)15,20(16,17)18)5-7-6-10-8-3-1-2-4-11(7)8;/h1-4,6,12H,5H2,(H2,13,14,15)(H2,16,17,18);/q;+1. The van der Waals surface area contributed by atoms with Crippen molar-refractivity contribution in [3.05, 3.63) is 36.3 Å². The first-order valence-corrected chi connectivity index (χ1v) is 8.53. The molecule has 0 bridgehead atoms. The first-order valence-electron chi connectivity index (χ1n) is 5.31. The van der Waals surface area contributed by atoms with E-state index in [1.807, 2.05) is 0 Å². The zero-order valence-corrected chi connectivity index (χ0v) is 14.7. The van der Waals surface area contributed by atoms with Crippen LogP contribution in [0.4, 0.5) is 0 Å². The number of nitrogens with zero attached hydrogens (tertiary/aromatic N) is 2. The zero-order chi connectivity index (χ0) is 15.2. The van der Waals surface area contributed by atoms with Gasteiger partial charge in [0, 0.05) is 24.5 Å². The molecule has 0 amide bonds. The van der Waals surface area contributed by atoms with E-state index in [1.165, 1.54) is 16.8 Å². The summed E-state index contributed by atoms with van der Waals surface area (Å²) >= 11 is 0. The third kappa shape index (κ3) is 3.48. The summed E-state index contributed by atoms with van der Waals surface area (Å²) in [6.45, 7) is 0.